The van der Waals surface area contributed by atoms with Gasteiger partial charge in [-0.1, -0.05) is 23.5 Å². The number of carbonyl (C=O) groups is 1. The third-order valence-electron chi connectivity index (χ3n) is 7.88. The number of dihydropyridines is 1. The number of alkyl halides is 2. The zero-order valence-corrected chi connectivity index (χ0v) is 23.9. The second-order valence-corrected chi connectivity index (χ2v) is 11.6. The molecule has 4 heterocycles. The summed E-state index contributed by atoms with van der Waals surface area (Å²) in [7, 11) is 2.04. The van der Waals surface area contributed by atoms with Crippen LogP contribution in [0.1, 0.15) is 30.7 Å². The molecule has 2 N–H and O–H groups in total. The van der Waals surface area contributed by atoms with Crippen LogP contribution in [0.3, 0.4) is 0 Å². The summed E-state index contributed by atoms with van der Waals surface area (Å²) in [5.41, 5.74) is 1.42. The van der Waals surface area contributed by atoms with Crippen molar-refractivity contribution in [2.45, 2.75) is 38.8 Å². The number of nitriles is 1. The van der Waals surface area contributed by atoms with Crippen LogP contribution in [-0.4, -0.2) is 74.1 Å². The number of amides is 1. The summed E-state index contributed by atoms with van der Waals surface area (Å²) >= 11 is 1.28. The van der Waals surface area contributed by atoms with Gasteiger partial charge in [-0.3, -0.25) is 9.69 Å². The molecule has 1 aromatic carbocycles. The molecule has 3 aliphatic heterocycles. The lowest BCUT2D eigenvalue weighted by Crippen LogP contribution is -2.55. The number of nitrogens with zero attached hydrogens (tertiary/aromatic N) is 5. The van der Waals surface area contributed by atoms with Crippen LogP contribution < -0.4 is 20.4 Å². The van der Waals surface area contributed by atoms with Gasteiger partial charge in [0.15, 0.2) is 5.13 Å². The van der Waals surface area contributed by atoms with Gasteiger partial charge in [0.1, 0.15) is 16.8 Å². The number of likely N-dealkylation sites (N-methyl/N-ethyl adjacent to an activating group) is 1. The predicted octanol–water partition coefficient (Wildman–Crippen LogP) is 4.59. The van der Waals surface area contributed by atoms with Crippen LogP contribution in [0.25, 0.3) is 5.57 Å². The molecule has 1 fully saturated rings. The van der Waals surface area contributed by atoms with Gasteiger partial charge in [-0.15, -0.1) is 0 Å². The second-order valence-electron chi connectivity index (χ2n) is 10.6. The zero-order valence-electron chi connectivity index (χ0n) is 23.1. The lowest BCUT2D eigenvalue weighted by molar-refractivity contribution is -0.112. The standard InChI is InChI=1S/C29H32F3N7OS/c1-17-14-39(15-18(2)37(17)3)26-10-24(30)22(19-5-4-8-38(16-19)29-35-12-20(11-33)41-29)9-25(26)36-28(40)23-13-34-7-6-21(23)27(31)32/h5-6,9-10,12-13,17-18,27,34H,4,7-8,14-16H2,1-3H3,(H,36,40)/t17-,18+. The van der Waals surface area contributed by atoms with E-state index in [2.05, 4.69) is 40.4 Å². The van der Waals surface area contributed by atoms with Crippen LogP contribution in [0.5, 0.6) is 0 Å². The Morgan fingerprint density at radius 1 is 1.22 bits per heavy atom. The number of piperazine rings is 1. The number of nitrogens with one attached hydrogen (secondary N) is 2. The van der Waals surface area contributed by atoms with Crippen molar-refractivity contribution in [3.8, 4) is 6.07 Å². The molecule has 216 valence electrons. The fourth-order valence-electron chi connectivity index (χ4n) is 5.45. The third-order valence-corrected chi connectivity index (χ3v) is 8.84. The molecule has 0 unspecified atom stereocenters. The van der Waals surface area contributed by atoms with E-state index in [1.165, 1.54) is 35.9 Å². The molecule has 2 atom stereocenters. The molecule has 0 spiro atoms. The average Bonchev–Trinajstić information content (AvgIpc) is 3.46. The molecule has 0 aliphatic carbocycles. The minimum absolute atomic E-state index is 0.150. The summed E-state index contributed by atoms with van der Waals surface area (Å²) in [5, 5.41) is 15.5. The van der Waals surface area contributed by atoms with Crippen molar-refractivity contribution < 1.29 is 18.0 Å². The van der Waals surface area contributed by atoms with E-state index in [-0.39, 0.29) is 29.8 Å². The molecular formula is C29H32F3N7OS. The fourth-order valence-corrected chi connectivity index (χ4v) is 6.19. The number of anilines is 3. The van der Waals surface area contributed by atoms with Gasteiger partial charge < -0.3 is 20.4 Å². The third kappa shape index (κ3) is 5.96. The van der Waals surface area contributed by atoms with Gasteiger partial charge in [0.25, 0.3) is 12.3 Å². The van der Waals surface area contributed by atoms with Gasteiger partial charge in [0.2, 0.25) is 0 Å². The minimum atomic E-state index is -2.80. The molecule has 3 aliphatic rings. The average molecular weight is 584 g/mol. The summed E-state index contributed by atoms with van der Waals surface area (Å²) in [6.07, 6.45) is 3.93. The largest absolute Gasteiger partial charge is 0.387 e. The fraction of sp³-hybridized carbons (Fsp3) is 0.414. The number of halogens is 3. The molecule has 2 aromatic rings. The van der Waals surface area contributed by atoms with E-state index in [0.717, 1.165) is 5.57 Å². The summed E-state index contributed by atoms with van der Waals surface area (Å²) in [4.78, 5) is 24.5. The number of benzene rings is 1. The van der Waals surface area contributed by atoms with Crippen LogP contribution in [0.15, 0.2) is 47.8 Å². The molecule has 1 aromatic heterocycles. The summed E-state index contributed by atoms with van der Waals surface area (Å²) in [5.74, 6) is -1.13. The molecule has 1 saturated heterocycles. The van der Waals surface area contributed by atoms with Gasteiger partial charge >= 0.3 is 0 Å². The van der Waals surface area contributed by atoms with Crippen LogP contribution in [0.2, 0.25) is 0 Å². The first-order valence-electron chi connectivity index (χ1n) is 13.5. The number of hydrogen-bond acceptors (Lipinski definition) is 8. The first-order valence-corrected chi connectivity index (χ1v) is 14.3. The molecule has 41 heavy (non-hydrogen) atoms. The Labute approximate surface area is 241 Å². The van der Waals surface area contributed by atoms with E-state index in [0.29, 0.717) is 59.5 Å². The second kappa shape index (κ2) is 12.0. The highest BCUT2D eigenvalue weighted by atomic mass is 32.1. The summed E-state index contributed by atoms with van der Waals surface area (Å²) < 4.78 is 43.3. The molecule has 5 rings (SSSR count). The lowest BCUT2D eigenvalue weighted by atomic mass is 9.98. The van der Waals surface area contributed by atoms with Gasteiger partial charge in [-0.05, 0) is 45.0 Å². The van der Waals surface area contributed by atoms with Gasteiger partial charge in [-0.25, -0.2) is 18.2 Å². The highest BCUT2D eigenvalue weighted by Gasteiger charge is 2.31. The van der Waals surface area contributed by atoms with Crippen molar-refractivity contribution in [1.82, 2.24) is 15.2 Å². The molecule has 12 heteroatoms. The normalized spacial score (nSPS) is 21.6. The number of carbonyl (C=O) groups excluding carboxylic acids is 1. The molecule has 0 saturated carbocycles. The smallest absolute Gasteiger partial charge is 0.264 e. The molecule has 1 amide bonds. The molecule has 0 bridgehead atoms. The maximum Gasteiger partial charge on any atom is 0.264 e. The maximum absolute atomic E-state index is 15.9. The first kappa shape index (κ1) is 28.7. The number of thiazole rings is 1. The van der Waals surface area contributed by atoms with Crippen molar-refractivity contribution in [1.29, 1.82) is 5.26 Å². The van der Waals surface area contributed by atoms with Crippen molar-refractivity contribution in [2.24, 2.45) is 0 Å². The number of aromatic nitrogens is 1. The van der Waals surface area contributed by atoms with Gasteiger partial charge in [0, 0.05) is 62.1 Å². The predicted molar refractivity (Wildman–Crippen MR) is 156 cm³/mol. The van der Waals surface area contributed by atoms with E-state index in [9.17, 15) is 18.8 Å². The highest BCUT2D eigenvalue weighted by molar-refractivity contribution is 7.16. The van der Waals surface area contributed by atoms with Crippen LogP contribution >= 0.6 is 11.3 Å². The monoisotopic (exact) mass is 583 g/mol. The van der Waals surface area contributed by atoms with Crippen molar-refractivity contribution >= 4 is 39.3 Å². The van der Waals surface area contributed by atoms with Crippen molar-refractivity contribution in [3.63, 3.8) is 0 Å². The topological polar surface area (TPSA) is 87.5 Å². The molecular weight excluding hydrogens is 551 g/mol. The Kier molecular flexibility index (Phi) is 8.37. The first-order chi connectivity index (χ1) is 19.7. The van der Waals surface area contributed by atoms with E-state index >= 15 is 4.39 Å². The van der Waals surface area contributed by atoms with E-state index in [1.807, 2.05) is 22.9 Å². The lowest BCUT2D eigenvalue weighted by Gasteiger charge is -2.44. The number of rotatable bonds is 6. The minimum Gasteiger partial charge on any atom is -0.387 e. The zero-order chi connectivity index (χ0) is 29.3. The number of hydrogen-bond donors (Lipinski definition) is 2. The SMILES string of the molecule is C[C@@H]1CN(c2cc(F)c(C3=CCCN(c4ncc(C#N)s4)C3)cc2NC(=O)C2=CNCC=C2C(F)F)C[C@H](C)N1C. The summed E-state index contributed by atoms with van der Waals surface area (Å²) in [6.45, 7) is 6.64. The van der Waals surface area contributed by atoms with Crippen molar-refractivity contribution in [3.05, 3.63) is 64.1 Å². The Hall–Kier alpha value is -3.82. The highest BCUT2D eigenvalue weighted by Crippen LogP contribution is 2.37. The van der Waals surface area contributed by atoms with Gasteiger partial charge in [0.05, 0.1) is 23.1 Å². The van der Waals surface area contributed by atoms with E-state index < -0.39 is 18.1 Å². The quantitative estimate of drug-likeness (QED) is 0.514. The van der Waals surface area contributed by atoms with Crippen LogP contribution in [0.4, 0.5) is 29.7 Å². The Balaban J connectivity index is 1.50. The van der Waals surface area contributed by atoms with Gasteiger partial charge in [-0.2, -0.15) is 5.26 Å². The van der Waals surface area contributed by atoms with Crippen molar-refractivity contribution in [2.75, 3.05) is 54.9 Å². The van der Waals surface area contributed by atoms with Crippen LogP contribution in [0, 0.1) is 17.1 Å². The molecule has 0 radical (unpaired) electrons. The maximum atomic E-state index is 15.9. The van der Waals surface area contributed by atoms with E-state index in [4.69, 9.17) is 0 Å². The summed E-state index contributed by atoms with van der Waals surface area (Å²) in [6, 6.07) is 5.49. The van der Waals surface area contributed by atoms with E-state index in [1.54, 1.807) is 6.07 Å². The Morgan fingerprint density at radius 2 is 1.98 bits per heavy atom. The van der Waals surface area contributed by atoms with Crippen LogP contribution in [-0.2, 0) is 4.79 Å². The molecule has 8 nitrogen and oxygen atoms in total. The Morgan fingerprint density at radius 3 is 2.66 bits per heavy atom. The Bertz CT molecular complexity index is 1450.